The van der Waals surface area contributed by atoms with Crippen molar-refractivity contribution < 1.29 is 14.3 Å². The van der Waals surface area contributed by atoms with Gasteiger partial charge in [0.1, 0.15) is 12.4 Å². The number of carbonyl (C=O) groups excluding carboxylic acids is 1. The molecule has 0 spiro atoms. The lowest BCUT2D eigenvalue weighted by atomic mass is 10.2. The van der Waals surface area contributed by atoms with E-state index in [1.165, 1.54) is 0 Å². The van der Waals surface area contributed by atoms with E-state index in [9.17, 15) is 4.79 Å². The second kappa shape index (κ2) is 7.47. The van der Waals surface area contributed by atoms with Crippen LogP contribution < -0.4 is 15.8 Å². The number of nitrogens with one attached hydrogen (secondary N) is 1. The molecule has 1 fully saturated rings. The normalized spacial score (nSPS) is 15.1. The van der Waals surface area contributed by atoms with Crippen LogP contribution in [0.1, 0.15) is 18.4 Å². The predicted octanol–water partition coefficient (Wildman–Crippen LogP) is 1.24. The van der Waals surface area contributed by atoms with Gasteiger partial charge >= 0.3 is 0 Å². The Bertz CT molecular complexity index is 450. The molecule has 5 nitrogen and oxygen atoms in total. The number of hydrogen-bond acceptors (Lipinski definition) is 4. The Morgan fingerprint density at radius 2 is 2.15 bits per heavy atom. The molecule has 2 rings (SSSR count). The van der Waals surface area contributed by atoms with Gasteiger partial charge in [0.2, 0.25) is 5.91 Å². The van der Waals surface area contributed by atoms with Crippen molar-refractivity contribution in [3.8, 4) is 5.75 Å². The molecular weight excluding hydrogens is 280 g/mol. The molecule has 112 valence electrons. The Balaban J connectivity index is 0.00000200. The maximum absolute atomic E-state index is 11.7. The molecule has 20 heavy (non-hydrogen) atoms. The first-order chi connectivity index (χ1) is 9.14. The van der Waals surface area contributed by atoms with Gasteiger partial charge in [-0.2, -0.15) is 0 Å². The summed E-state index contributed by atoms with van der Waals surface area (Å²) in [5.41, 5.74) is 6.19. The van der Waals surface area contributed by atoms with Crippen molar-refractivity contribution in [2.75, 3.05) is 20.3 Å². The largest absolute Gasteiger partial charge is 0.491 e. The third kappa shape index (κ3) is 4.67. The van der Waals surface area contributed by atoms with E-state index in [1.807, 2.05) is 24.3 Å². The number of carbonyl (C=O) groups is 1. The van der Waals surface area contributed by atoms with E-state index >= 15 is 0 Å². The van der Waals surface area contributed by atoms with Crippen LogP contribution in [0.5, 0.6) is 5.75 Å². The lowest BCUT2D eigenvalue weighted by Gasteiger charge is -2.11. The summed E-state index contributed by atoms with van der Waals surface area (Å²) in [7, 11) is 1.63. The van der Waals surface area contributed by atoms with Crippen molar-refractivity contribution in [2.45, 2.75) is 24.9 Å². The van der Waals surface area contributed by atoms with Crippen molar-refractivity contribution in [3.05, 3.63) is 29.8 Å². The van der Waals surface area contributed by atoms with E-state index in [4.69, 9.17) is 15.2 Å². The highest BCUT2D eigenvalue weighted by atomic mass is 35.5. The molecular formula is C14H21ClN2O3. The minimum atomic E-state index is -0.618. The molecule has 1 amide bonds. The maximum Gasteiger partial charge on any atom is 0.240 e. The molecule has 0 saturated heterocycles. The number of benzene rings is 1. The molecule has 0 heterocycles. The van der Waals surface area contributed by atoms with Crippen LogP contribution in [-0.2, 0) is 16.1 Å². The molecule has 1 saturated carbocycles. The van der Waals surface area contributed by atoms with Gasteiger partial charge in [0.15, 0.2) is 0 Å². The Morgan fingerprint density at radius 3 is 2.80 bits per heavy atom. The molecule has 0 bridgehead atoms. The lowest BCUT2D eigenvalue weighted by molar-refractivity contribution is -0.123. The van der Waals surface area contributed by atoms with Crippen molar-refractivity contribution in [1.29, 1.82) is 0 Å². The van der Waals surface area contributed by atoms with Crippen LogP contribution in [0.15, 0.2) is 24.3 Å². The molecule has 6 heteroatoms. The van der Waals surface area contributed by atoms with Gasteiger partial charge < -0.3 is 20.5 Å². The average Bonchev–Trinajstić information content (AvgIpc) is 3.16. The first-order valence-electron chi connectivity index (χ1n) is 6.42. The van der Waals surface area contributed by atoms with Crippen molar-refractivity contribution in [3.63, 3.8) is 0 Å². The molecule has 1 aliphatic carbocycles. The van der Waals surface area contributed by atoms with Crippen LogP contribution in [0.2, 0.25) is 0 Å². The van der Waals surface area contributed by atoms with Gasteiger partial charge in [0.05, 0.1) is 12.1 Å². The monoisotopic (exact) mass is 300 g/mol. The summed E-state index contributed by atoms with van der Waals surface area (Å²) in [5, 5.41) is 2.85. The molecule has 0 unspecified atom stereocenters. The number of methoxy groups -OCH3 is 1. The maximum atomic E-state index is 11.7. The number of halogens is 1. The summed E-state index contributed by atoms with van der Waals surface area (Å²) in [6.07, 6.45) is 1.55. The van der Waals surface area contributed by atoms with Crippen LogP contribution in [-0.4, -0.2) is 31.8 Å². The fraction of sp³-hybridized carbons (Fsp3) is 0.500. The summed E-state index contributed by atoms with van der Waals surface area (Å²) in [4.78, 5) is 11.7. The minimum Gasteiger partial charge on any atom is -0.491 e. The van der Waals surface area contributed by atoms with E-state index in [2.05, 4.69) is 5.32 Å². The van der Waals surface area contributed by atoms with Crippen LogP contribution in [0, 0.1) is 0 Å². The second-order valence-corrected chi connectivity index (χ2v) is 4.83. The number of rotatable bonds is 7. The third-order valence-corrected chi connectivity index (χ3v) is 3.15. The summed E-state index contributed by atoms with van der Waals surface area (Å²) in [6.45, 7) is 1.54. The van der Waals surface area contributed by atoms with Gasteiger partial charge in [-0.15, -0.1) is 12.4 Å². The highest BCUT2D eigenvalue weighted by Crippen LogP contribution is 2.32. The molecule has 1 aliphatic rings. The molecule has 0 aliphatic heterocycles. The standard InChI is InChI=1S/C14H20N2O3.ClH/c1-18-7-8-19-12-4-2-3-11(9-12)10-16-13(17)14(15)5-6-14;/h2-4,9H,5-8,10,15H2,1H3,(H,16,17);1H. The van der Waals surface area contributed by atoms with Crippen LogP contribution >= 0.6 is 12.4 Å². The van der Waals surface area contributed by atoms with Crippen LogP contribution in [0.25, 0.3) is 0 Å². The fourth-order valence-electron chi connectivity index (χ4n) is 1.71. The minimum absolute atomic E-state index is 0. The predicted molar refractivity (Wildman–Crippen MR) is 79.1 cm³/mol. The zero-order valence-corrected chi connectivity index (χ0v) is 12.4. The topological polar surface area (TPSA) is 73.6 Å². The van der Waals surface area contributed by atoms with Crippen molar-refractivity contribution in [2.24, 2.45) is 5.73 Å². The number of hydrogen-bond donors (Lipinski definition) is 2. The van der Waals surface area contributed by atoms with E-state index in [-0.39, 0.29) is 18.3 Å². The SMILES string of the molecule is COCCOc1cccc(CNC(=O)C2(N)CC2)c1.Cl. The fourth-order valence-corrected chi connectivity index (χ4v) is 1.71. The first-order valence-corrected chi connectivity index (χ1v) is 6.42. The van der Waals surface area contributed by atoms with Gasteiger partial charge in [-0.3, -0.25) is 4.79 Å². The number of amides is 1. The molecule has 1 aromatic rings. The zero-order chi connectivity index (χ0) is 13.7. The van der Waals surface area contributed by atoms with Crippen LogP contribution in [0.4, 0.5) is 0 Å². The summed E-state index contributed by atoms with van der Waals surface area (Å²) < 4.78 is 10.4. The van der Waals surface area contributed by atoms with Gasteiger partial charge in [0, 0.05) is 13.7 Å². The van der Waals surface area contributed by atoms with Gasteiger partial charge in [-0.25, -0.2) is 0 Å². The van der Waals surface area contributed by atoms with Crippen molar-refractivity contribution >= 4 is 18.3 Å². The lowest BCUT2D eigenvalue weighted by Crippen LogP contribution is -2.42. The summed E-state index contributed by atoms with van der Waals surface area (Å²) in [6, 6.07) is 7.64. The van der Waals surface area contributed by atoms with Gasteiger partial charge in [-0.05, 0) is 30.5 Å². The number of ether oxygens (including phenoxy) is 2. The second-order valence-electron chi connectivity index (χ2n) is 4.83. The molecule has 0 aromatic heterocycles. The zero-order valence-electron chi connectivity index (χ0n) is 11.6. The van der Waals surface area contributed by atoms with Gasteiger partial charge in [0.25, 0.3) is 0 Å². The Hall–Kier alpha value is -1.30. The molecule has 3 N–H and O–H groups in total. The Labute approximate surface area is 125 Å². The number of nitrogens with two attached hydrogens (primary N) is 1. The van der Waals surface area contributed by atoms with E-state index in [0.29, 0.717) is 19.8 Å². The highest BCUT2D eigenvalue weighted by Gasteiger charge is 2.45. The van der Waals surface area contributed by atoms with Crippen LogP contribution in [0.3, 0.4) is 0 Å². The third-order valence-electron chi connectivity index (χ3n) is 3.15. The highest BCUT2D eigenvalue weighted by molar-refractivity contribution is 5.88. The quantitative estimate of drug-likeness (QED) is 0.743. The smallest absolute Gasteiger partial charge is 0.240 e. The first kappa shape index (κ1) is 16.8. The van der Waals surface area contributed by atoms with E-state index < -0.39 is 5.54 Å². The molecule has 0 radical (unpaired) electrons. The van der Waals surface area contributed by atoms with Gasteiger partial charge in [-0.1, -0.05) is 12.1 Å². The molecule has 0 atom stereocenters. The Morgan fingerprint density at radius 1 is 1.40 bits per heavy atom. The molecule has 1 aromatic carbocycles. The Kier molecular flexibility index (Phi) is 6.26. The van der Waals surface area contributed by atoms with E-state index in [0.717, 1.165) is 24.2 Å². The van der Waals surface area contributed by atoms with E-state index in [1.54, 1.807) is 7.11 Å². The summed E-state index contributed by atoms with van der Waals surface area (Å²) >= 11 is 0. The van der Waals surface area contributed by atoms with Crippen molar-refractivity contribution in [1.82, 2.24) is 5.32 Å². The average molecular weight is 301 g/mol. The summed E-state index contributed by atoms with van der Waals surface area (Å²) in [5.74, 6) is 0.705.